The number of aromatic nitrogens is 1. The van der Waals surface area contributed by atoms with E-state index in [1.165, 1.54) is 0 Å². The highest BCUT2D eigenvalue weighted by Crippen LogP contribution is 2.50. The first-order valence-electron chi connectivity index (χ1n) is 8.36. The van der Waals surface area contributed by atoms with Crippen molar-refractivity contribution in [2.75, 3.05) is 0 Å². The summed E-state index contributed by atoms with van der Waals surface area (Å²) in [6.07, 6.45) is 2.43. The normalized spacial score (nSPS) is 18.2. The number of hydrogen-bond donors (Lipinski definition) is 0. The lowest BCUT2D eigenvalue weighted by Crippen LogP contribution is -2.11. The van der Waals surface area contributed by atoms with Gasteiger partial charge in [0, 0.05) is 17.3 Å². The minimum Gasteiger partial charge on any atom is -0.439 e. The Bertz CT molecular complexity index is 912. The fourth-order valence-corrected chi connectivity index (χ4v) is 3.15. The molecule has 2 atom stereocenters. The van der Waals surface area contributed by atoms with E-state index >= 15 is 0 Å². The predicted octanol–water partition coefficient (Wildman–Crippen LogP) is 5.24. The standard InChI is InChI=1S/C21H16ClNO3/c22-19-6-2-1-5-16(19)17-13-18(17)21(24)26-15-10-8-14(9-11-15)25-20-7-3-4-12-23-20/h1-12,17-18H,13H2. The Balaban J connectivity index is 1.36. The Labute approximate surface area is 156 Å². The van der Waals surface area contributed by atoms with Crippen molar-refractivity contribution in [3.05, 3.63) is 83.5 Å². The van der Waals surface area contributed by atoms with Crippen LogP contribution in [0.4, 0.5) is 0 Å². The van der Waals surface area contributed by atoms with E-state index in [2.05, 4.69) is 4.98 Å². The minimum absolute atomic E-state index is 0.139. The van der Waals surface area contributed by atoms with E-state index in [9.17, 15) is 4.79 Å². The van der Waals surface area contributed by atoms with Crippen LogP contribution in [0.15, 0.2) is 72.9 Å². The third kappa shape index (κ3) is 3.70. The van der Waals surface area contributed by atoms with E-state index < -0.39 is 0 Å². The predicted molar refractivity (Wildman–Crippen MR) is 98.7 cm³/mol. The maximum absolute atomic E-state index is 12.3. The molecule has 130 valence electrons. The van der Waals surface area contributed by atoms with E-state index in [1.54, 1.807) is 36.5 Å². The van der Waals surface area contributed by atoms with Gasteiger partial charge in [0.15, 0.2) is 0 Å². The molecule has 0 aliphatic heterocycles. The number of esters is 1. The molecular formula is C21H16ClNO3. The minimum atomic E-state index is -0.228. The van der Waals surface area contributed by atoms with Gasteiger partial charge < -0.3 is 9.47 Å². The first-order valence-corrected chi connectivity index (χ1v) is 8.73. The summed E-state index contributed by atoms with van der Waals surface area (Å²) >= 11 is 6.20. The molecule has 4 rings (SSSR count). The molecule has 1 aliphatic carbocycles. The third-order valence-electron chi connectivity index (χ3n) is 4.30. The number of halogens is 1. The monoisotopic (exact) mass is 365 g/mol. The number of hydrogen-bond acceptors (Lipinski definition) is 4. The first kappa shape index (κ1) is 16.6. The maximum Gasteiger partial charge on any atom is 0.314 e. The Morgan fingerprint density at radius 1 is 0.962 bits per heavy atom. The summed E-state index contributed by atoms with van der Waals surface area (Å²) in [5.41, 5.74) is 1.01. The van der Waals surface area contributed by atoms with E-state index in [-0.39, 0.29) is 17.8 Å². The van der Waals surface area contributed by atoms with E-state index in [0.717, 1.165) is 12.0 Å². The Hall–Kier alpha value is -2.85. The van der Waals surface area contributed by atoms with Crippen LogP contribution in [-0.4, -0.2) is 11.0 Å². The lowest BCUT2D eigenvalue weighted by molar-refractivity contribution is -0.135. The molecule has 1 fully saturated rings. The molecule has 1 aliphatic rings. The first-order chi connectivity index (χ1) is 12.7. The number of carbonyl (C=O) groups excluding carboxylic acids is 1. The molecule has 3 aromatic rings. The second-order valence-corrected chi connectivity index (χ2v) is 6.54. The van der Waals surface area contributed by atoms with Gasteiger partial charge in [0.05, 0.1) is 5.92 Å². The smallest absolute Gasteiger partial charge is 0.314 e. The van der Waals surface area contributed by atoms with Gasteiger partial charge in [0.2, 0.25) is 5.88 Å². The molecule has 0 saturated heterocycles. The van der Waals surface area contributed by atoms with Crippen LogP contribution in [-0.2, 0) is 4.79 Å². The van der Waals surface area contributed by atoms with Crippen LogP contribution in [0.3, 0.4) is 0 Å². The summed E-state index contributed by atoms with van der Waals surface area (Å²) in [6.45, 7) is 0. The van der Waals surface area contributed by atoms with Gasteiger partial charge in [0.1, 0.15) is 11.5 Å². The lowest BCUT2D eigenvalue weighted by Gasteiger charge is -2.07. The number of benzene rings is 2. The number of ether oxygens (including phenoxy) is 2. The van der Waals surface area contributed by atoms with Crippen molar-refractivity contribution in [2.45, 2.75) is 12.3 Å². The van der Waals surface area contributed by atoms with Crippen molar-refractivity contribution in [2.24, 2.45) is 5.92 Å². The number of nitrogens with zero attached hydrogens (tertiary/aromatic N) is 1. The van der Waals surface area contributed by atoms with Crippen molar-refractivity contribution in [1.29, 1.82) is 0 Å². The van der Waals surface area contributed by atoms with Gasteiger partial charge in [0.25, 0.3) is 0 Å². The molecule has 2 unspecified atom stereocenters. The SMILES string of the molecule is O=C(Oc1ccc(Oc2ccccn2)cc1)C1CC1c1ccccc1Cl. The Morgan fingerprint density at radius 2 is 1.69 bits per heavy atom. The largest absolute Gasteiger partial charge is 0.439 e. The molecule has 1 saturated carbocycles. The molecular weight excluding hydrogens is 350 g/mol. The molecule has 1 heterocycles. The number of carbonyl (C=O) groups is 1. The van der Waals surface area contributed by atoms with Gasteiger partial charge >= 0.3 is 5.97 Å². The average Bonchev–Trinajstić information content (AvgIpc) is 3.45. The van der Waals surface area contributed by atoms with Crippen molar-refractivity contribution in [1.82, 2.24) is 4.98 Å². The average molecular weight is 366 g/mol. The molecule has 5 heteroatoms. The van der Waals surface area contributed by atoms with Crippen LogP contribution >= 0.6 is 11.6 Å². The highest BCUT2D eigenvalue weighted by Gasteiger charge is 2.46. The molecule has 1 aromatic heterocycles. The van der Waals surface area contributed by atoms with Crippen molar-refractivity contribution < 1.29 is 14.3 Å². The van der Waals surface area contributed by atoms with Gasteiger partial charge in [-0.2, -0.15) is 0 Å². The van der Waals surface area contributed by atoms with Gasteiger partial charge in [-0.25, -0.2) is 4.98 Å². The lowest BCUT2D eigenvalue weighted by atomic mass is 10.1. The van der Waals surface area contributed by atoms with Crippen molar-refractivity contribution >= 4 is 17.6 Å². The Morgan fingerprint density at radius 3 is 2.42 bits per heavy atom. The molecule has 0 amide bonds. The zero-order valence-electron chi connectivity index (χ0n) is 13.8. The van der Waals surface area contributed by atoms with Crippen molar-refractivity contribution in [3.8, 4) is 17.4 Å². The summed E-state index contributed by atoms with van der Waals surface area (Å²) in [4.78, 5) is 16.4. The number of pyridine rings is 1. The van der Waals surface area contributed by atoms with E-state index in [1.807, 2.05) is 36.4 Å². The fourth-order valence-electron chi connectivity index (χ4n) is 2.87. The highest BCUT2D eigenvalue weighted by molar-refractivity contribution is 6.31. The summed E-state index contributed by atoms with van der Waals surface area (Å²) < 4.78 is 11.1. The van der Waals surface area contributed by atoms with E-state index in [0.29, 0.717) is 22.4 Å². The zero-order chi connectivity index (χ0) is 17.9. The quantitative estimate of drug-likeness (QED) is 0.458. The fraction of sp³-hybridized carbons (Fsp3) is 0.143. The molecule has 0 bridgehead atoms. The van der Waals surface area contributed by atoms with Crippen LogP contribution in [0.2, 0.25) is 5.02 Å². The molecule has 4 nitrogen and oxygen atoms in total. The summed E-state index contributed by atoms with van der Waals surface area (Å²) in [6, 6.07) is 20.0. The molecule has 26 heavy (non-hydrogen) atoms. The van der Waals surface area contributed by atoms with Crippen LogP contribution in [0.25, 0.3) is 0 Å². The zero-order valence-corrected chi connectivity index (χ0v) is 14.6. The maximum atomic E-state index is 12.3. The second kappa shape index (κ2) is 7.18. The molecule has 0 radical (unpaired) electrons. The topological polar surface area (TPSA) is 48.4 Å². The van der Waals surface area contributed by atoms with Crippen LogP contribution < -0.4 is 9.47 Å². The van der Waals surface area contributed by atoms with Crippen molar-refractivity contribution in [3.63, 3.8) is 0 Å². The summed E-state index contributed by atoms with van der Waals surface area (Å²) in [5, 5.41) is 0.698. The number of rotatable bonds is 5. The Kier molecular flexibility index (Phi) is 4.59. The summed E-state index contributed by atoms with van der Waals surface area (Å²) in [7, 11) is 0. The van der Waals surface area contributed by atoms with Gasteiger partial charge in [-0.1, -0.05) is 35.9 Å². The highest BCUT2D eigenvalue weighted by atomic mass is 35.5. The van der Waals surface area contributed by atoms with Crippen LogP contribution in [0, 0.1) is 5.92 Å². The molecule has 2 aromatic carbocycles. The van der Waals surface area contributed by atoms with Gasteiger partial charge in [-0.3, -0.25) is 4.79 Å². The van der Waals surface area contributed by atoms with E-state index in [4.69, 9.17) is 21.1 Å². The van der Waals surface area contributed by atoms with Crippen LogP contribution in [0.1, 0.15) is 17.9 Å². The van der Waals surface area contributed by atoms with Gasteiger partial charge in [-0.15, -0.1) is 0 Å². The second-order valence-electron chi connectivity index (χ2n) is 6.13. The van der Waals surface area contributed by atoms with Gasteiger partial charge in [-0.05, 0) is 54.3 Å². The summed E-state index contributed by atoms with van der Waals surface area (Å²) in [5.74, 6) is 1.41. The van der Waals surface area contributed by atoms with Crippen LogP contribution in [0.5, 0.6) is 17.4 Å². The third-order valence-corrected chi connectivity index (χ3v) is 4.64. The molecule has 0 N–H and O–H groups in total. The molecule has 0 spiro atoms.